The van der Waals surface area contributed by atoms with Crippen molar-refractivity contribution < 1.29 is 13.7 Å². The molecule has 4 aromatic carbocycles. The van der Waals surface area contributed by atoms with Crippen molar-refractivity contribution in [3.63, 3.8) is 0 Å². The number of rotatable bonds is 6. The van der Waals surface area contributed by atoms with Gasteiger partial charge in [0.05, 0.1) is 12.3 Å². The monoisotopic (exact) mass is 561 g/mol. The second-order valence-electron chi connectivity index (χ2n) is 10.6. The molecule has 3 nitrogen and oxygen atoms in total. The molecule has 0 radical (unpaired) electrons. The van der Waals surface area contributed by atoms with E-state index in [0.29, 0.717) is 25.1 Å². The lowest BCUT2D eigenvalue weighted by Crippen LogP contribution is -2.19. The summed E-state index contributed by atoms with van der Waals surface area (Å²) in [6.07, 6.45) is 3.12. The van der Waals surface area contributed by atoms with Crippen molar-refractivity contribution in [3.05, 3.63) is 132 Å². The molecule has 0 bridgehead atoms. The van der Waals surface area contributed by atoms with Crippen LogP contribution in [0.3, 0.4) is 0 Å². The van der Waals surface area contributed by atoms with Gasteiger partial charge in [-0.1, -0.05) is 92.4 Å². The van der Waals surface area contributed by atoms with Crippen LogP contribution in [-0.2, 0) is 17.1 Å². The average Bonchev–Trinajstić information content (AvgIpc) is 3.86. The van der Waals surface area contributed by atoms with Crippen LogP contribution in [0.2, 0.25) is 0 Å². The van der Waals surface area contributed by atoms with Gasteiger partial charge in [-0.15, -0.1) is 0 Å². The molecule has 5 heteroatoms. The normalized spacial score (nSPS) is 14.2. The second-order valence-corrected chi connectivity index (χ2v) is 13.5. The Morgan fingerprint density at radius 3 is 2.05 bits per heavy atom. The first-order valence-electron chi connectivity index (χ1n) is 13.9. The van der Waals surface area contributed by atoms with Crippen molar-refractivity contribution in [2.24, 2.45) is 0 Å². The molecule has 2 aliphatic rings. The molecular weight excluding hydrogens is 528 g/mol. The first kappa shape index (κ1) is 27.2. The maximum absolute atomic E-state index is 15.3. The molecule has 0 N–H and O–H groups in total. The van der Waals surface area contributed by atoms with Gasteiger partial charge in [-0.25, -0.2) is 4.39 Å². The summed E-state index contributed by atoms with van der Waals surface area (Å²) < 4.78 is 35.7. The Morgan fingerprint density at radius 1 is 0.805 bits per heavy atom. The quantitative estimate of drug-likeness (QED) is 0.195. The minimum atomic E-state index is -3.10. The fourth-order valence-electron chi connectivity index (χ4n) is 5.91. The van der Waals surface area contributed by atoms with E-state index in [1.165, 1.54) is 12.1 Å². The lowest BCUT2D eigenvalue weighted by molar-refractivity contribution is 0.326. The minimum absolute atomic E-state index is 0. The van der Waals surface area contributed by atoms with E-state index in [9.17, 15) is 4.39 Å². The third-order valence-corrected chi connectivity index (χ3v) is 11.0. The van der Waals surface area contributed by atoms with Gasteiger partial charge in [0.2, 0.25) is 0 Å². The maximum Gasteiger partial charge on any atom is 0.147 e. The average molecular weight is 562 g/mol. The van der Waals surface area contributed by atoms with Crippen LogP contribution < -0.4 is 15.3 Å². The number of para-hydroxylation sites is 1. The van der Waals surface area contributed by atoms with Crippen LogP contribution in [0.25, 0.3) is 22.4 Å². The van der Waals surface area contributed by atoms with E-state index in [4.69, 9.17) is 9.72 Å². The van der Waals surface area contributed by atoms with E-state index in [2.05, 4.69) is 6.07 Å². The van der Waals surface area contributed by atoms with E-state index >= 15 is 4.57 Å². The zero-order valence-electron chi connectivity index (χ0n) is 22.1. The molecule has 0 amide bonds. The molecule has 0 unspecified atom stereocenters. The van der Waals surface area contributed by atoms with Crippen molar-refractivity contribution in [1.29, 1.82) is 0 Å². The molecule has 0 saturated heterocycles. The van der Waals surface area contributed by atoms with Crippen LogP contribution in [0.4, 0.5) is 4.39 Å². The molecule has 1 saturated carbocycles. The Bertz CT molecular complexity index is 1690. The topological polar surface area (TPSA) is 39.2 Å². The SMILES string of the molecule is C.O=P(Cc1c(C2CC2)nc2c(c1-c1ccc(F)cc1)CCOc1ccccc1-2)(c1ccccc1)c1ccccc1. The highest BCUT2D eigenvalue weighted by Gasteiger charge is 2.37. The predicted molar refractivity (Wildman–Crippen MR) is 166 cm³/mol. The molecular formula is C36H33FNO2P. The first-order valence-corrected chi connectivity index (χ1v) is 15.7. The van der Waals surface area contributed by atoms with Gasteiger partial charge in [-0.3, -0.25) is 4.98 Å². The molecule has 1 aliphatic heterocycles. The Hall–Kier alpha value is -4.01. The van der Waals surface area contributed by atoms with Crippen LogP contribution in [0.5, 0.6) is 5.75 Å². The molecule has 41 heavy (non-hydrogen) atoms. The number of fused-ring (bicyclic) bond motifs is 3. The third-order valence-electron chi connectivity index (χ3n) is 8.01. The molecule has 0 spiro atoms. The first-order chi connectivity index (χ1) is 19.6. The molecule has 1 aliphatic carbocycles. The van der Waals surface area contributed by atoms with E-state index in [0.717, 1.165) is 68.4 Å². The Kier molecular flexibility index (Phi) is 7.36. The molecule has 1 fully saturated rings. The highest BCUT2D eigenvalue weighted by Crippen LogP contribution is 2.54. The van der Waals surface area contributed by atoms with Crippen LogP contribution in [-0.4, -0.2) is 11.6 Å². The fourth-order valence-corrected chi connectivity index (χ4v) is 8.65. The lowest BCUT2D eigenvalue weighted by atomic mass is 9.89. The van der Waals surface area contributed by atoms with Gasteiger partial charge < -0.3 is 9.30 Å². The van der Waals surface area contributed by atoms with Gasteiger partial charge in [0, 0.05) is 40.4 Å². The number of benzene rings is 4. The number of pyridine rings is 1. The van der Waals surface area contributed by atoms with Gasteiger partial charge in [0.15, 0.2) is 0 Å². The van der Waals surface area contributed by atoms with E-state index in [1.54, 1.807) is 0 Å². The number of nitrogens with zero attached hydrogens (tertiary/aromatic N) is 1. The van der Waals surface area contributed by atoms with Crippen molar-refractivity contribution in [2.45, 2.75) is 38.8 Å². The summed E-state index contributed by atoms with van der Waals surface area (Å²) in [5, 5.41) is 1.66. The van der Waals surface area contributed by atoms with Gasteiger partial charge in [0.1, 0.15) is 18.7 Å². The summed E-state index contributed by atoms with van der Waals surface area (Å²) in [7, 11) is -3.10. The molecule has 7 rings (SSSR count). The Morgan fingerprint density at radius 2 is 1.41 bits per heavy atom. The predicted octanol–water partition coefficient (Wildman–Crippen LogP) is 8.52. The third kappa shape index (κ3) is 5.02. The number of aromatic nitrogens is 1. The summed E-state index contributed by atoms with van der Waals surface area (Å²) in [5.41, 5.74) is 6.95. The van der Waals surface area contributed by atoms with Gasteiger partial charge >= 0.3 is 0 Å². The summed E-state index contributed by atoms with van der Waals surface area (Å²) in [6, 6.07) is 34.4. The number of hydrogen-bond donors (Lipinski definition) is 0. The second kappa shape index (κ2) is 11.1. The van der Waals surface area contributed by atoms with E-state index in [-0.39, 0.29) is 13.2 Å². The molecule has 2 heterocycles. The smallest absolute Gasteiger partial charge is 0.147 e. The van der Waals surface area contributed by atoms with Crippen molar-refractivity contribution in [1.82, 2.24) is 4.98 Å². The molecule has 5 aromatic rings. The standard InChI is InChI=1S/C35H29FNO2P.CH4/c36-26-19-17-24(18-20-26)33-30-21-22-39-32-14-8-7-13-29(32)35(30)37-34(25-15-16-25)31(33)23-40(38,27-9-3-1-4-10-27)28-11-5-2-6-12-28;/h1-14,17-20,25H,15-16,21-23H2;1H4. The molecule has 0 atom stereocenters. The van der Waals surface area contributed by atoms with Crippen molar-refractivity contribution >= 4 is 17.8 Å². The van der Waals surface area contributed by atoms with Gasteiger partial charge in [0.25, 0.3) is 0 Å². The maximum atomic E-state index is 15.3. The Balaban J connectivity index is 0.00000302. The van der Waals surface area contributed by atoms with Crippen molar-refractivity contribution in [3.8, 4) is 28.1 Å². The highest BCUT2D eigenvalue weighted by atomic mass is 31.2. The lowest BCUT2D eigenvalue weighted by Gasteiger charge is -2.26. The number of halogens is 1. The number of hydrogen-bond acceptors (Lipinski definition) is 3. The van der Waals surface area contributed by atoms with Gasteiger partial charge in [-0.05, 0) is 59.4 Å². The zero-order valence-corrected chi connectivity index (χ0v) is 23.0. The summed E-state index contributed by atoms with van der Waals surface area (Å²) in [5.74, 6) is 0.865. The van der Waals surface area contributed by atoms with Gasteiger partial charge in [-0.2, -0.15) is 0 Å². The van der Waals surface area contributed by atoms with Crippen LogP contribution in [0.1, 0.15) is 43.0 Å². The summed E-state index contributed by atoms with van der Waals surface area (Å²) in [6.45, 7) is 0.511. The Labute approximate surface area is 241 Å². The largest absolute Gasteiger partial charge is 0.493 e. The fraction of sp³-hybridized carbons (Fsp3) is 0.194. The van der Waals surface area contributed by atoms with Crippen LogP contribution in [0, 0.1) is 5.82 Å². The molecule has 206 valence electrons. The molecule has 1 aromatic heterocycles. The minimum Gasteiger partial charge on any atom is -0.493 e. The highest BCUT2D eigenvalue weighted by molar-refractivity contribution is 7.78. The van der Waals surface area contributed by atoms with Crippen LogP contribution in [0.15, 0.2) is 109 Å². The van der Waals surface area contributed by atoms with E-state index < -0.39 is 7.14 Å². The summed E-state index contributed by atoms with van der Waals surface area (Å²) >= 11 is 0. The summed E-state index contributed by atoms with van der Waals surface area (Å²) in [4.78, 5) is 5.38. The van der Waals surface area contributed by atoms with Crippen LogP contribution >= 0.6 is 7.14 Å². The van der Waals surface area contributed by atoms with E-state index in [1.807, 2.05) is 91.0 Å². The van der Waals surface area contributed by atoms with Crippen molar-refractivity contribution in [2.75, 3.05) is 6.61 Å². The number of ether oxygens (including phenoxy) is 1. The zero-order chi connectivity index (χ0) is 27.1.